The summed E-state index contributed by atoms with van der Waals surface area (Å²) in [5.41, 5.74) is 16.3. The van der Waals surface area contributed by atoms with Crippen LogP contribution in [0.2, 0.25) is 0 Å². The molecule has 280 valence electrons. The second-order valence-corrected chi connectivity index (χ2v) is 13.9. The maximum atomic E-state index is 14.0. The number of hydrogen-bond acceptors (Lipinski definition) is 10. The summed E-state index contributed by atoms with van der Waals surface area (Å²) in [5, 5.41) is 5.85. The van der Waals surface area contributed by atoms with Crippen molar-refractivity contribution in [2.45, 2.75) is 103 Å². The number of hydrogen-bond donors (Lipinski definition) is 6. The predicted molar refractivity (Wildman–Crippen MR) is 192 cm³/mol. The topological polar surface area (TPSA) is 179 Å². The standard InChI is InChI=1S/C36H60N8O6/c1-9-23(4)32(43(6)36(48)31(37)22(2)3)29(49-7)19-30(45)44-17-13-16-28(44)33(50-8)24(5)34(46)40-27(18-25-14-11-10-12-15-25)35(47)38-20-26-21-39-42-41-26/h10-12,14-15,21-24,27-29,31-33,39,41-42H,9,13,16-20,37H2,1-8H3,(H,38,47)(H,40,46). The molecule has 2 heterocycles. The largest absolute Gasteiger partial charge is 0.379 e. The summed E-state index contributed by atoms with van der Waals surface area (Å²) in [6.45, 7) is 10.4. The van der Waals surface area contributed by atoms with Crippen LogP contribution in [0.15, 0.2) is 42.2 Å². The van der Waals surface area contributed by atoms with E-state index in [2.05, 4.69) is 27.0 Å². The summed E-state index contributed by atoms with van der Waals surface area (Å²) in [6.07, 6.45) is 3.07. The van der Waals surface area contributed by atoms with E-state index in [-0.39, 0.29) is 60.5 Å². The normalized spacial score (nSPS) is 20.0. The molecule has 0 saturated carbocycles. The number of nitrogens with two attached hydrogens (primary N) is 1. The number of nitrogens with zero attached hydrogens (tertiary/aromatic N) is 2. The first-order valence-electron chi connectivity index (χ1n) is 17.8. The van der Waals surface area contributed by atoms with Crippen molar-refractivity contribution in [3.05, 3.63) is 47.8 Å². The first-order valence-corrected chi connectivity index (χ1v) is 17.8. The molecule has 50 heavy (non-hydrogen) atoms. The van der Waals surface area contributed by atoms with Crippen molar-refractivity contribution in [3.8, 4) is 0 Å². The number of amides is 4. The van der Waals surface area contributed by atoms with Crippen molar-refractivity contribution in [2.75, 3.05) is 34.4 Å². The van der Waals surface area contributed by atoms with Gasteiger partial charge in [0.05, 0.1) is 54.9 Å². The molecule has 0 aliphatic carbocycles. The van der Waals surface area contributed by atoms with Gasteiger partial charge in [-0.15, -0.1) is 0 Å². The van der Waals surface area contributed by atoms with E-state index in [1.807, 2.05) is 58.0 Å². The lowest BCUT2D eigenvalue weighted by molar-refractivity contribution is -0.146. The number of likely N-dealkylation sites (N-methyl/N-ethyl adjacent to an activating group) is 1. The second kappa shape index (κ2) is 19.6. The summed E-state index contributed by atoms with van der Waals surface area (Å²) in [4.78, 5) is 58.0. The zero-order valence-electron chi connectivity index (χ0n) is 31.0. The lowest BCUT2D eigenvalue weighted by atomic mass is 9.89. The Balaban J connectivity index is 1.75. The van der Waals surface area contributed by atoms with Gasteiger partial charge in [0, 0.05) is 40.4 Å². The monoisotopic (exact) mass is 700 g/mol. The Morgan fingerprint density at radius 2 is 1.76 bits per heavy atom. The van der Waals surface area contributed by atoms with Crippen LogP contribution in [0.1, 0.15) is 65.9 Å². The van der Waals surface area contributed by atoms with Gasteiger partial charge in [0.15, 0.2) is 0 Å². The van der Waals surface area contributed by atoms with Crippen molar-refractivity contribution in [1.29, 1.82) is 0 Å². The third-order valence-corrected chi connectivity index (χ3v) is 10.2. The molecular formula is C36H60N8O6. The first kappa shape index (κ1) is 40.7. The van der Waals surface area contributed by atoms with E-state index in [9.17, 15) is 19.2 Å². The molecule has 14 heteroatoms. The third-order valence-electron chi connectivity index (χ3n) is 10.2. The molecule has 2 aliphatic heterocycles. The molecule has 14 nitrogen and oxygen atoms in total. The van der Waals surface area contributed by atoms with E-state index < -0.39 is 30.2 Å². The molecule has 3 rings (SSSR count). The molecule has 1 fully saturated rings. The minimum Gasteiger partial charge on any atom is -0.379 e. The minimum atomic E-state index is -0.836. The molecular weight excluding hydrogens is 640 g/mol. The summed E-state index contributed by atoms with van der Waals surface area (Å²) in [6, 6.07) is 7.29. The molecule has 8 atom stereocenters. The number of rotatable bonds is 19. The van der Waals surface area contributed by atoms with E-state index in [0.717, 1.165) is 24.1 Å². The molecule has 2 aliphatic rings. The number of nitrogens with one attached hydrogen (secondary N) is 5. The van der Waals surface area contributed by atoms with Crippen LogP contribution in [-0.2, 0) is 35.1 Å². The fraction of sp³-hybridized carbons (Fsp3) is 0.667. The highest BCUT2D eigenvalue weighted by molar-refractivity contribution is 5.89. The Morgan fingerprint density at radius 3 is 2.34 bits per heavy atom. The lowest BCUT2D eigenvalue weighted by Gasteiger charge is -2.40. The van der Waals surface area contributed by atoms with Crippen molar-refractivity contribution >= 4 is 23.6 Å². The van der Waals surface area contributed by atoms with Crippen LogP contribution in [0.4, 0.5) is 0 Å². The van der Waals surface area contributed by atoms with Gasteiger partial charge in [-0.3, -0.25) is 19.2 Å². The Labute approximate surface area is 297 Å². The average molecular weight is 701 g/mol. The molecule has 1 aromatic carbocycles. The molecule has 1 saturated heterocycles. The van der Waals surface area contributed by atoms with Crippen LogP contribution in [0.5, 0.6) is 0 Å². The molecule has 7 N–H and O–H groups in total. The fourth-order valence-corrected chi connectivity index (χ4v) is 6.87. The zero-order chi connectivity index (χ0) is 37.0. The van der Waals surface area contributed by atoms with Gasteiger partial charge in [0.2, 0.25) is 23.6 Å². The van der Waals surface area contributed by atoms with Gasteiger partial charge < -0.3 is 46.5 Å². The zero-order valence-corrected chi connectivity index (χ0v) is 31.0. The lowest BCUT2D eigenvalue weighted by Crippen LogP contribution is -2.56. The molecule has 0 bridgehead atoms. The Kier molecular flexibility index (Phi) is 16.0. The maximum Gasteiger partial charge on any atom is 0.243 e. The summed E-state index contributed by atoms with van der Waals surface area (Å²) >= 11 is 0. The van der Waals surface area contributed by atoms with E-state index in [0.29, 0.717) is 19.4 Å². The quantitative estimate of drug-likeness (QED) is 0.123. The molecule has 0 spiro atoms. The highest BCUT2D eigenvalue weighted by Crippen LogP contribution is 2.29. The van der Waals surface area contributed by atoms with Crippen LogP contribution in [0.3, 0.4) is 0 Å². The predicted octanol–water partition coefficient (Wildman–Crippen LogP) is 1.19. The average Bonchev–Trinajstić information content (AvgIpc) is 3.82. The van der Waals surface area contributed by atoms with Crippen molar-refractivity contribution < 1.29 is 28.7 Å². The Morgan fingerprint density at radius 1 is 1.06 bits per heavy atom. The number of hydrazine groups is 2. The van der Waals surface area contributed by atoms with Crippen LogP contribution in [0, 0.1) is 17.8 Å². The van der Waals surface area contributed by atoms with Gasteiger partial charge in [-0.25, -0.2) is 0 Å². The van der Waals surface area contributed by atoms with Gasteiger partial charge in [0.1, 0.15) is 6.04 Å². The van der Waals surface area contributed by atoms with Crippen molar-refractivity contribution in [1.82, 2.24) is 36.8 Å². The van der Waals surface area contributed by atoms with E-state index in [4.69, 9.17) is 15.2 Å². The number of carbonyl (C=O) groups excluding carboxylic acids is 4. The number of likely N-dealkylation sites (tertiary alicyclic amines) is 1. The maximum absolute atomic E-state index is 14.0. The van der Waals surface area contributed by atoms with Crippen LogP contribution in [-0.4, -0.2) is 104 Å². The molecule has 8 unspecified atom stereocenters. The summed E-state index contributed by atoms with van der Waals surface area (Å²) in [7, 11) is 4.85. The number of ether oxygens (including phenoxy) is 2. The summed E-state index contributed by atoms with van der Waals surface area (Å²) in [5.74, 6) is -1.64. The van der Waals surface area contributed by atoms with Gasteiger partial charge in [-0.2, -0.15) is 5.53 Å². The second-order valence-electron chi connectivity index (χ2n) is 13.9. The molecule has 1 aromatic rings. The van der Waals surface area contributed by atoms with E-state index in [1.54, 1.807) is 44.2 Å². The highest BCUT2D eigenvalue weighted by Gasteiger charge is 2.42. The number of benzene rings is 1. The summed E-state index contributed by atoms with van der Waals surface area (Å²) < 4.78 is 11.9. The number of methoxy groups -OCH3 is 2. The Bertz CT molecular complexity index is 1300. The molecule has 0 aromatic heterocycles. The van der Waals surface area contributed by atoms with Crippen molar-refractivity contribution in [3.63, 3.8) is 0 Å². The fourth-order valence-electron chi connectivity index (χ4n) is 6.87. The van der Waals surface area contributed by atoms with E-state index in [1.165, 1.54) is 0 Å². The van der Waals surface area contributed by atoms with Crippen LogP contribution < -0.4 is 32.8 Å². The Hall–Kier alpha value is -3.72. The first-order chi connectivity index (χ1) is 23.8. The van der Waals surface area contributed by atoms with Crippen LogP contribution >= 0.6 is 0 Å². The van der Waals surface area contributed by atoms with Crippen molar-refractivity contribution in [2.24, 2.45) is 23.5 Å². The SMILES string of the molecule is CCC(C)C(C(CC(=O)N1CCCC1C(OC)C(C)C(=O)NC(Cc1ccccc1)C(=O)NCC1=CNNN1)OC)N(C)C(=O)C(N)C(C)C. The molecule has 4 amide bonds. The van der Waals surface area contributed by atoms with Gasteiger partial charge in [-0.05, 0) is 30.2 Å². The van der Waals surface area contributed by atoms with Gasteiger partial charge in [-0.1, -0.05) is 71.4 Å². The molecule has 0 radical (unpaired) electrons. The van der Waals surface area contributed by atoms with Crippen LogP contribution in [0.25, 0.3) is 0 Å². The van der Waals surface area contributed by atoms with E-state index >= 15 is 0 Å². The van der Waals surface area contributed by atoms with Gasteiger partial charge >= 0.3 is 0 Å². The number of carbonyl (C=O) groups is 4. The van der Waals surface area contributed by atoms with Gasteiger partial charge in [0.25, 0.3) is 0 Å². The highest BCUT2D eigenvalue weighted by atomic mass is 16.5. The minimum absolute atomic E-state index is 0.0364. The smallest absolute Gasteiger partial charge is 0.243 e. The third kappa shape index (κ3) is 10.6.